The summed E-state index contributed by atoms with van der Waals surface area (Å²) >= 11 is 6.77. The van der Waals surface area contributed by atoms with Crippen molar-refractivity contribution in [3.63, 3.8) is 0 Å². The van der Waals surface area contributed by atoms with Gasteiger partial charge in [0.1, 0.15) is 11.5 Å². The molecule has 0 saturated carbocycles. The van der Waals surface area contributed by atoms with Gasteiger partial charge in [0.15, 0.2) is 12.1 Å². The van der Waals surface area contributed by atoms with E-state index in [4.69, 9.17) is 9.47 Å². The number of nitroso groups, excluding NO2 is 2. The van der Waals surface area contributed by atoms with E-state index in [9.17, 15) is 19.4 Å². The molecular weight excluding hydrogens is 664 g/mol. The smallest absolute Gasteiger partial charge is 0.248 e. The minimum Gasteiger partial charge on any atom is -0.496 e. The third-order valence-corrected chi connectivity index (χ3v) is 8.85. The highest BCUT2D eigenvalue weighted by Crippen LogP contribution is 2.27. The standard InChI is InChI=1S/C24H28Br2N4O6S2/c1-35-21-5-3-15(11-17(21)25)13-19(29-33)23(31)27-7-9-37-38-10-8-28-24(32)20(30-34)14-16-4-6-22(36-2)18(26)12-16/h3-6,11-12,19-20H,7-10,13-14H2,1-2H3,(H,27,31)(H,28,32). The van der Waals surface area contributed by atoms with Crippen LogP contribution in [0.3, 0.4) is 0 Å². The Morgan fingerprint density at radius 1 is 0.789 bits per heavy atom. The summed E-state index contributed by atoms with van der Waals surface area (Å²) in [7, 11) is 6.15. The lowest BCUT2D eigenvalue weighted by Gasteiger charge is -2.12. The van der Waals surface area contributed by atoms with Crippen LogP contribution < -0.4 is 20.1 Å². The number of hydrogen-bond donors (Lipinski definition) is 2. The first-order valence-electron chi connectivity index (χ1n) is 11.4. The number of nitrogens with zero attached hydrogens (tertiary/aromatic N) is 2. The van der Waals surface area contributed by atoms with E-state index >= 15 is 0 Å². The Labute approximate surface area is 245 Å². The van der Waals surface area contributed by atoms with Crippen molar-refractivity contribution in [3.8, 4) is 11.5 Å². The Hall–Kier alpha value is -2.16. The van der Waals surface area contributed by atoms with Crippen LogP contribution in [0.5, 0.6) is 11.5 Å². The molecule has 2 N–H and O–H groups in total. The minimum absolute atomic E-state index is 0.186. The molecule has 2 aromatic carbocycles. The third-order valence-electron chi connectivity index (χ3n) is 5.20. The maximum Gasteiger partial charge on any atom is 0.248 e. The Bertz CT molecular complexity index is 1030. The fourth-order valence-electron chi connectivity index (χ4n) is 3.26. The monoisotopic (exact) mass is 690 g/mol. The SMILES string of the molecule is COc1ccc(CC(N=O)C(=O)NCCSSCCNC(=O)C(Cc2ccc(OC)c(Br)c2)N=O)cc1Br. The molecule has 0 aliphatic carbocycles. The van der Waals surface area contributed by atoms with Crippen molar-refractivity contribution in [2.75, 3.05) is 38.8 Å². The summed E-state index contributed by atoms with van der Waals surface area (Å²) in [5.74, 6) is 1.67. The van der Waals surface area contributed by atoms with Crippen LogP contribution in [0, 0.1) is 9.81 Å². The van der Waals surface area contributed by atoms with Crippen LogP contribution in [0.2, 0.25) is 0 Å². The maximum atomic E-state index is 12.3. The lowest BCUT2D eigenvalue weighted by atomic mass is 10.1. The molecule has 2 amide bonds. The topological polar surface area (TPSA) is 136 Å². The average Bonchev–Trinajstić information content (AvgIpc) is 2.91. The Balaban J connectivity index is 1.62. The molecular formula is C24H28Br2N4O6S2. The predicted molar refractivity (Wildman–Crippen MR) is 159 cm³/mol. The number of nitrogens with one attached hydrogen (secondary N) is 2. The van der Waals surface area contributed by atoms with Gasteiger partial charge in [0, 0.05) is 37.4 Å². The van der Waals surface area contributed by atoms with Gasteiger partial charge in [-0.05, 0) is 67.3 Å². The first kappa shape index (κ1) is 32.1. The molecule has 0 aromatic heterocycles. The van der Waals surface area contributed by atoms with Crippen LogP contribution in [0.1, 0.15) is 11.1 Å². The highest BCUT2D eigenvalue weighted by molar-refractivity contribution is 9.11. The van der Waals surface area contributed by atoms with Crippen molar-refractivity contribution in [3.05, 3.63) is 66.3 Å². The second-order valence-corrected chi connectivity index (χ2v) is 12.2. The quantitative estimate of drug-likeness (QED) is 0.136. The van der Waals surface area contributed by atoms with E-state index < -0.39 is 23.9 Å². The fraction of sp³-hybridized carbons (Fsp3) is 0.417. The van der Waals surface area contributed by atoms with Crippen LogP contribution in [-0.2, 0) is 22.4 Å². The Kier molecular flexibility index (Phi) is 14.7. The van der Waals surface area contributed by atoms with Crippen LogP contribution in [0.25, 0.3) is 0 Å². The number of carbonyl (C=O) groups excluding carboxylic acids is 2. The summed E-state index contributed by atoms with van der Waals surface area (Å²) in [5.41, 5.74) is 1.57. The highest BCUT2D eigenvalue weighted by Gasteiger charge is 2.21. The molecule has 0 aliphatic heterocycles. The van der Waals surface area contributed by atoms with Crippen molar-refractivity contribution in [1.82, 2.24) is 10.6 Å². The van der Waals surface area contributed by atoms with Gasteiger partial charge in [-0.25, -0.2) is 0 Å². The largest absolute Gasteiger partial charge is 0.496 e. The lowest BCUT2D eigenvalue weighted by Crippen LogP contribution is -2.36. The molecule has 2 rings (SSSR count). The molecule has 0 saturated heterocycles. The van der Waals surface area contributed by atoms with Gasteiger partial charge >= 0.3 is 0 Å². The van der Waals surface area contributed by atoms with Crippen LogP contribution >= 0.6 is 53.4 Å². The maximum absolute atomic E-state index is 12.3. The molecule has 2 unspecified atom stereocenters. The van der Waals surface area contributed by atoms with Crippen molar-refractivity contribution >= 4 is 65.3 Å². The second kappa shape index (κ2) is 17.4. The first-order valence-corrected chi connectivity index (χ1v) is 15.5. The molecule has 38 heavy (non-hydrogen) atoms. The first-order chi connectivity index (χ1) is 18.3. The van der Waals surface area contributed by atoms with Crippen LogP contribution in [0.4, 0.5) is 0 Å². The zero-order valence-electron chi connectivity index (χ0n) is 20.8. The number of ether oxygens (including phenoxy) is 2. The number of halogens is 2. The van der Waals surface area contributed by atoms with Crippen LogP contribution in [0.15, 0.2) is 55.7 Å². The molecule has 0 aliphatic rings. The number of benzene rings is 2. The second-order valence-electron chi connectivity index (χ2n) is 7.81. The van der Waals surface area contributed by atoms with E-state index in [1.807, 2.05) is 0 Å². The van der Waals surface area contributed by atoms with Crippen molar-refractivity contribution < 1.29 is 19.1 Å². The van der Waals surface area contributed by atoms with Crippen LogP contribution in [-0.4, -0.2) is 62.7 Å². The molecule has 0 fully saturated rings. The number of methoxy groups -OCH3 is 2. The van der Waals surface area contributed by atoms with Gasteiger partial charge < -0.3 is 20.1 Å². The summed E-state index contributed by atoms with van der Waals surface area (Å²) in [6, 6.07) is 8.61. The predicted octanol–water partition coefficient (Wildman–Crippen LogP) is 4.90. The Morgan fingerprint density at radius 3 is 1.50 bits per heavy atom. The average molecular weight is 692 g/mol. The summed E-state index contributed by atoms with van der Waals surface area (Å²) in [5, 5.41) is 11.4. The number of hydrogen-bond acceptors (Lipinski definition) is 10. The molecule has 0 radical (unpaired) electrons. The molecule has 2 atom stereocenters. The van der Waals surface area contributed by atoms with Crippen molar-refractivity contribution in [1.29, 1.82) is 0 Å². The van der Waals surface area contributed by atoms with Gasteiger partial charge in [-0.15, -0.1) is 9.81 Å². The molecule has 0 heterocycles. The highest BCUT2D eigenvalue weighted by atomic mass is 79.9. The fourth-order valence-corrected chi connectivity index (χ4v) is 6.25. The minimum atomic E-state index is -1.03. The molecule has 206 valence electrons. The third kappa shape index (κ3) is 10.5. The Morgan fingerprint density at radius 2 is 1.18 bits per heavy atom. The molecule has 10 nitrogen and oxygen atoms in total. The van der Waals surface area contributed by atoms with Gasteiger partial charge in [0.25, 0.3) is 0 Å². The molecule has 0 spiro atoms. The summed E-state index contributed by atoms with van der Waals surface area (Å²) < 4.78 is 11.8. The van der Waals surface area contributed by atoms with E-state index in [0.29, 0.717) is 36.1 Å². The van der Waals surface area contributed by atoms with Gasteiger partial charge in [-0.1, -0.05) is 44.1 Å². The van der Waals surface area contributed by atoms with Crippen molar-refractivity contribution in [2.24, 2.45) is 10.4 Å². The molecule has 0 bridgehead atoms. The summed E-state index contributed by atoms with van der Waals surface area (Å²) in [4.78, 5) is 47.1. The normalized spacial score (nSPS) is 12.2. The lowest BCUT2D eigenvalue weighted by molar-refractivity contribution is -0.122. The van der Waals surface area contributed by atoms with E-state index in [1.54, 1.807) is 50.6 Å². The summed E-state index contributed by atoms with van der Waals surface area (Å²) in [6.07, 6.45) is 0.373. The van der Waals surface area contributed by atoms with Crippen molar-refractivity contribution in [2.45, 2.75) is 24.9 Å². The summed E-state index contributed by atoms with van der Waals surface area (Å²) in [6.45, 7) is 0.742. The van der Waals surface area contributed by atoms with Gasteiger partial charge in [0.05, 0.1) is 23.2 Å². The number of carbonyl (C=O) groups is 2. The van der Waals surface area contributed by atoms with E-state index in [-0.39, 0.29) is 12.8 Å². The molecule has 2 aromatic rings. The van der Waals surface area contributed by atoms with E-state index in [1.165, 1.54) is 21.6 Å². The van der Waals surface area contributed by atoms with E-state index in [2.05, 4.69) is 52.8 Å². The number of rotatable bonds is 17. The zero-order chi connectivity index (χ0) is 27.9. The molecule has 14 heteroatoms. The zero-order valence-corrected chi connectivity index (χ0v) is 25.6. The number of amides is 2. The van der Waals surface area contributed by atoms with Gasteiger partial charge in [0.2, 0.25) is 11.8 Å². The van der Waals surface area contributed by atoms with Gasteiger partial charge in [-0.2, -0.15) is 0 Å². The van der Waals surface area contributed by atoms with E-state index in [0.717, 1.165) is 20.1 Å². The van der Waals surface area contributed by atoms with Gasteiger partial charge in [-0.3, -0.25) is 9.59 Å².